The predicted octanol–water partition coefficient (Wildman–Crippen LogP) is 3.05. The molecule has 0 nitrogen and oxygen atoms in total. The van der Waals surface area contributed by atoms with Crippen LogP contribution in [0.2, 0.25) is 0 Å². The summed E-state index contributed by atoms with van der Waals surface area (Å²) in [6, 6.07) is 0. The summed E-state index contributed by atoms with van der Waals surface area (Å²) in [5, 5.41) is 0. The van der Waals surface area contributed by atoms with E-state index in [1.165, 1.54) is 19.3 Å². The van der Waals surface area contributed by atoms with Gasteiger partial charge in [-0.2, -0.15) is 0 Å². The lowest BCUT2D eigenvalue weighted by atomic mass is 9.83. The van der Waals surface area contributed by atoms with Crippen LogP contribution in [-0.4, -0.2) is 5.88 Å². The summed E-state index contributed by atoms with van der Waals surface area (Å²) < 4.78 is 0. The molecule has 1 fully saturated rings. The lowest BCUT2D eigenvalue weighted by molar-refractivity contribution is 0.284. The number of hydrogen-bond acceptors (Lipinski definition) is 0. The van der Waals surface area contributed by atoms with Crippen molar-refractivity contribution in [2.24, 2.45) is 11.3 Å². The van der Waals surface area contributed by atoms with Crippen molar-refractivity contribution in [3.8, 4) is 0 Å². The minimum Gasteiger partial charge on any atom is -0.126 e. The monoisotopic (exact) mass is 146 g/mol. The molecule has 1 aliphatic carbocycles. The van der Waals surface area contributed by atoms with E-state index < -0.39 is 0 Å². The maximum absolute atomic E-state index is 5.79. The van der Waals surface area contributed by atoms with Crippen LogP contribution in [0.3, 0.4) is 0 Å². The van der Waals surface area contributed by atoms with Crippen LogP contribution in [0.5, 0.6) is 0 Å². The molecular weight excluding hydrogens is 132 g/mol. The molecule has 1 atom stereocenters. The van der Waals surface area contributed by atoms with E-state index in [9.17, 15) is 0 Å². The predicted molar refractivity (Wildman–Crippen MR) is 41.8 cm³/mol. The lowest BCUT2D eigenvalue weighted by Crippen LogP contribution is -2.18. The zero-order valence-corrected chi connectivity index (χ0v) is 7.04. The van der Waals surface area contributed by atoms with E-state index in [0.29, 0.717) is 5.41 Å². The van der Waals surface area contributed by atoms with Crippen molar-refractivity contribution in [3.05, 3.63) is 0 Å². The minimum absolute atomic E-state index is 0.530. The van der Waals surface area contributed by atoms with Gasteiger partial charge in [0.2, 0.25) is 0 Å². The van der Waals surface area contributed by atoms with Gasteiger partial charge in [-0.05, 0) is 24.2 Å². The number of rotatable bonds is 1. The normalized spacial score (nSPS) is 33.0. The minimum atomic E-state index is 0.530. The Balaban J connectivity index is 2.52. The molecule has 0 radical (unpaired) electrons. The molecule has 9 heavy (non-hydrogen) atoms. The van der Waals surface area contributed by atoms with Crippen LogP contribution in [0.15, 0.2) is 0 Å². The second-order valence-corrected chi connectivity index (χ2v) is 4.04. The maximum atomic E-state index is 5.79. The van der Waals surface area contributed by atoms with E-state index >= 15 is 0 Å². The fraction of sp³-hybridized carbons (Fsp3) is 1.00. The maximum Gasteiger partial charge on any atom is 0.0256 e. The van der Waals surface area contributed by atoms with Gasteiger partial charge in [0.05, 0.1) is 0 Å². The Bertz CT molecular complexity index is 96.7. The third kappa shape index (κ3) is 1.40. The smallest absolute Gasteiger partial charge is 0.0256 e. The first kappa shape index (κ1) is 7.40. The van der Waals surface area contributed by atoms with Gasteiger partial charge in [0.1, 0.15) is 0 Å². The van der Waals surface area contributed by atoms with Crippen LogP contribution in [0.4, 0.5) is 0 Å². The highest BCUT2D eigenvalue weighted by Crippen LogP contribution is 2.42. The first-order chi connectivity index (χ1) is 4.17. The molecule has 0 aliphatic heterocycles. The van der Waals surface area contributed by atoms with Gasteiger partial charge in [-0.25, -0.2) is 0 Å². The van der Waals surface area contributed by atoms with Gasteiger partial charge in [0, 0.05) is 5.88 Å². The Morgan fingerprint density at radius 2 is 2.22 bits per heavy atom. The Labute approximate surface area is 62.6 Å². The number of alkyl halides is 1. The van der Waals surface area contributed by atoms with E-state index in [2.05, 4.69) is 13.8 Å². The van der Waals surface area contributed by atoms with Gasteiger partial charge in [-0.15, -0.1) is 11.6 Å². The van der Waals surface area contributed by atoms with Gasteiger partial charge in [-0.3, -0.25) is 0 Å². The molecule has 0 aromatic carbocycles. The Hall–Kier alpha value is 0.290. The van der Waals surface area contributed by atoms with E-state index in [-0.39, 0.29) is 0 Å². The highest BCUT2D eigenvalue weighted by Gasteiger charge is 2.33. The van der Waals surface area contributed by atoms with Crippen LogP contribution in [0.25, 0.3) is 0 Å². The molecule has 54 valence electrons. The summed E-state index contributed by atoms with van der Waals surface area (Å²) in [6.07, 6.45) is 4.09. The standard InChI is InChI=1S/C8H15Cl/c1-8(2)5-3-4-7(8)6-9/h7H,3-6H2,1-2H3. The largest absolute Gasteiger partial charge is 0.126 e. The summed E-state index contributed by atoms with van der Waals surface area (Å²) >= 11 is 5.79. The molecule has 1 heteroatoms. The van der Waals surface area contributed by atoms with E-state index in [1.54, 1.807) is 0 Å². The molecule has 1 rings (SSSR count). The first-order valence-corrected chi connectivity index (χ1v) is 4.26. The third-order valence-corrected chi connectivity index (χ3v) is 3.04. The van der Waals surface area contributed by atoms with Gasteiger partial charge in [-0.1, -0.05) is 20.3 Å². The highest BCUT2D eigenvalue weighted by atomic mass is 35.5. The molecule has 0 spiro atoms. The van der Waals surface area contributed by atoms with Crippen molar-refractivity contribution in [3.63, 3.8) is 0 Å². The van der Waals surface area contributed by atoms with Crippen LogP contribution in [0, 0.1) is 11.3 Å². The van der Waals surface area contributed by atoms with E-state index in [1.807, 2.05) is 0 Å². The second-order valence-electron chi connectivity index (χ2n) is 3.73. The molecule has 0 N–H and O–H groups in total. The molecule has 1 aliphatic rings. The quantitative estimate of drug-likeness (QED) is 0.499. The van der Waals surface area contributed by atoms with Crippen molar-refractivity contribution in [1.29, 1.82) is 0 Å². The van der Waals surface area contributed by atoms with Crippen LogP contribution >= 0.6 is 11.6 Å². The molecule has 0 aromatic rings. The molecule has 0 aromatic heterocycles. The Morgan fingerprint density at radius 1 is 1.56 bits per heavy atom. The fourth-order valence-electron chi connectivity index (χ4n) is 1.68. The Kier molecular flexibility index (Phi) is 2.05. The van der Waals surface area contributed by atoms with Gasteiger partial charge >= 0.3 is 0 Å². The molecule has 1 unspecified atom stereocenters. The zero-order chi connectivity index (χ0) is 6.91. The van der Waals surface area contributed by atoms with E-state index in [4.69, 9.17) is 11.6 Å². The van der Waals surface area contributed by atoms with Crippen LogP contribution in [-0.2, 0) is 0 Å². The highest BCUT2D eigenvalue weighted by molar-refractivity contribution is 6.18. The number of hydrogen-bond donors (Lipinski definition) is 0. The average molecular weight is 147 g/mol. The van der Waals surface area contributed by atoms with Crippen molar-refractivity contribution < 1.29 is 0 Å². The number of halogens is 1. The average Bonchev–Trinajstić information content (AvgIpc) is 2.08. The van der Waals surface area contributed by atoms with Crippen molar-refractivity contribution in [1.82, 2.24) is 0 Å². The summed E-state index contributed by atoms with van der Waals surface area (Å²) in [7, 11) is 0. The molecular formula is C8H15Cl. The second kappa shape index (κ2) is 2.49. The topological polar surface area (TPSA) is 0 Å². The first-order valence-electron chi connectivity index (χ1n) is 3.73. The van der Waals surface area contributed by atoms with Crippen LogP contribution in [0.1, 0.15) is 33.1 Å². The molecule has 1 saturated carbocycles. The molecule has 0 heterocycles. The van der Waals surface area contributed by atoms with Gasteiger partial charge in [0.25, 0.3) is 0 Å². The SMILES string of the molecule is CC1(C)CCCC1CCl. The van der Waals surface area contributed by atoms with Crippen molar-refractivity contribution >= 4 is 11.6 Å². The van der Waals surface area contributed by atoms with Crippen molar-refractivity contribution in [2.75, 3.05) is 5.88 Å². The Morgan fingerprint density at radius 3 is 2.44 bits per heavy atom. The molecule has 0 amide bonds. The lowest BCUT2D eigenvalue weighted by Gasteiger charge is -2.24. The summed E-state index contributed by atoms with van der Waals surface area (Å²) in [5.41, 5.74) is 0.530. The molecule has 0 bridgehead atoms. The summed E-state index contributed by atoms with van der Waals surface area (Å²) in [4.78, 5) is 0. The fourth-order valence-corrected chi connectivity index (χ4v) is 2.26. The van der Waals surface area contributed by atoms with Crippen LogP contribution < -0.4 is 0 Å². The summed E-state index contributed by atoms with van der Waals surface area (Å²) in [5.74, 6) is 1.63. The van der Waals surface area contributed by atoms with Gasteiger partial charge in [0.15, 0.2) is 0 Å². The van der Waals surface area contributed by atoms with Gasteiger partial charge < -0.3 is 0 Å². The molecule has 0 saturated heterocycles. The summed E-state index contributed by atoms with van der Waals surface area (Å²) in [6.45, 7) is 4.65. The van der Waals surface area contributed by atoms with E-state index in [0.717, 1.165) is 11.8 Å². The zero-order valence-electron chi connectivity index (χ0n) is 6.28. The van der Waals surface area contributed by atoms with Crippen molar-refractivity contribution in [2.45, 2.75) is 33.1 Å². The third-order valence-electron chi connectivity index (χ3n) is 2.67.